The van der Waals surface area contributed by atoms with E-state index in [9.17, 15) is 9.59 Å². The van der Waals surface area contributed by atoms with Gasteiger partial charge in [0.2, 0.25) is 0 Å². The molecule has 4 atom stereocenters. The van der Waals surface area contributed by atoms with E-state index in [-0.39, 0.29) is 6.61 Å². The lowest BCUT2D eigenvalue weighted by Gasteiger charge is -2.41. The summed E-state index contributed by atoms with van der Waals surface area (Å²) in [5.74, 6) is 0. The molecular weight excluding hydrogens is 884 g/mol. The minimum absolute atomic E-state index is 0.0722. The molecule has 0 radical (unpaired) electrons. The van der Waals surface area contributed by atoms with E-state index in [1.54, 1.807) is 6.20 Å². The van der Waals surface area contributed by atoms with Gasteiger partial charge in [0.1, 0.15) is 23.4 Å². The second kappa shape index (κ2) is 18.4. The maximum atomic E-state index is 14.0. The number of aromatic amines is 1. The molecule has 1 saturated heterocycles. The largest absolute Gasteiger partial charge is 0.358 e. The van der Waals surface area contributed by atoms with Gasteiger partial charge in [0.05, 0.1) is 10.5 Å². The fourth-order valence-electron chi connectivity index (χ4n) is 8.75. The van der Waals surface area contributed by atoms with Gasteiger partial charge in [-0.15, -0.1) is 0 Å². The molecule has 7 nitrogen and oxygen atoms in total. The van der Waals surface area contributed by atoms with Crippen LogP contribution in [0.25, 0.3) is 0 Å². The number of benzene rings is 7. The molecule has 0 saturated carbocycles. The number of alkyl halides is 1. The number of nitrogens with one attached hydrogen (secondary N) is 1. The first-order chi connectivity index (χ1) is 30.5. The highest BCUT2D eigenvalue weighted by atomic mass is 127. The zero-order chi connectivity index (χ0) is 42.4. The molecule has 1 N–H and O–H groups in total. The van der Waals surface area contributed by atoms with Crippen LogP contribution in [0.15, 0.2) is 228 Å². The van der Waals surface area contributed by atoms with Crippen LogP contribution < -0.4 is 11.2 Å². The first kappa shape index (κ1) is 41.2. The molecule has 7 aromatic carbocycles. The smallest absolute Gasteiger partial charge is 0.330 e. The van der Waals surface area contributed by atoms with Crippen molar-refractivity contribution in [1.29, 1.82) is 0 Å². The van der Waals surface area contributed by atoms with Crippen molar-refractivity contribution in [2.24, 2.45) is 0 Å². The maximum absolute atomic E-state index is 14.0. The van der Waals surface area contributed by atoms with E-state index < -0.39 is 44.8 Å². The monoisotopic (exact) mass is 928 g/mol. The number of aromatic nitrogens is 2. The highest BCUT2D eigenvalue weighted by Gasteiger charge is 2.52. The van der Waals surface area contributed by atoms with Crippen LogP contribution >= 0.6 is 22.6 Å². The number of hydrogen-bond donors (Lipinski definition) is 1. The zero-order valence-corrected chi connectivity index (χ0v) is 36.0. The standard InChI is InChI=1S/C54H45IN2O5/c55-48-49(62-54(44-30-16-5-17-31-44,45-32-18-6-19-33-45)46-34-20-7-21-35-46)47(61-51(48)57-37-40(50(58)56-52(57)59)36-39-22-8-1-9-23-39)38-60-53(41-24-10-2-11-25-41,42-26-12-3-13-27-42)43-28-14-4-15-29-43/h1-35,37,47-49,51H,36,38H2,(H,56,58,59)/t47-,48-,49-,51-/m1/s1. The molecule has 1 fully saturated rings. The Morgan fingerprint density at radius 3 is 1.31 bits per heavy atom. The van der Waals surface area contributed by atoms with Crippen molar-refractivity contribution < 1.29 is 14.2 Å². The normalized spacial score (nSPS) is 17.8. The van der Waals surface area contributed by atoms with Gasteiger partial charge in [-0.2, -0.15) is 0 Å². The van der Waals surface area contributed by atoms with Crippen LogP contribution in [0.3, 0.4) is 0 Å². The molecular formula is C54H45IN2O5. The first-order valence-corrected chi connectivity index (χ1v) is 22.0. The van der Waals surface area contributed by atoms with Crippen LogP contribution in [0.5, 0.6) is 0 Å². The lowest BCUT2D eigenvalue weighted by atomic mass is 9.79. The van der Waals surface area contributed by atoms with Crippen LogP contribution in [-0.2, 0) is 31.8 Å². The Hall–Kier alpha value is -6.17. The van der Waals surface area contributed by atoms with Crippen molar-refractivity contribution in [1.82, 2.24) is 9.55 Å². The van der Waals surface area contributed by atoms with E-state index >= 15 is 0 Å². The van der Waals surface area contributed by atoms with E-state index in [4.69, 9.17) is 14.2 Å². The topological polar surface area (TPSA) is 82.6 Å². The minimum Gasteiger partial charge on any atom is -0.358 e. The maximum Gasteiger partial charge on any atom is 0.330 e. The van der Waals surface area contributed by atoms with Crippen molar-refractivity contribution in [3.05, 3.63) is 284 Å². The fraction of sp³-hybridized carbons (Fsp3) is 0.148. The van der Waals surface area contributed by atoms with Gasteiger partial charge in [-0.1, -0.05) is 235 Å². The van der Waals surface area contributed by atoms with E-state index in [0.29, 0.717) is 12.0 Å². The lowest BCUT2D eigenvalue weighted by Crippen LogP contribution is -2.45. The van der Waals surface area contributed by atoms with Crippen molar-refractivity contribution in [2.45, 2.75) is 40.0 Å². The van der Waals surface area contributed by atoms with E-state index in [1.807, 2.05) is 140 Å². The van der Waals surface area contributed by atoms with Gasteiger partial charge in [-0.3, -0.25) is 14.3 Å². The highest BCUT2D eigenvalue weighted by Crippen LogP contribution is 2.48. The van der Waals surface area contributed by atoms with Crippen LogP contribution in [0, 0.1) is 0 Å². The summed E-state index contributed by atoms with van der Waals surface area (Å²) in [4.78, 5) is 29.9. The summed E-state index contributed by atoms with van der Waals surface area (Å²) in [6, 6.07) is 71.2. The summed E-state index contributed by atoms with van der Waals surface area (Å²) in [7, 11) is 0. The Labute approximate surface area is 374 Å². The lowest BCUT2D eigenvalue weighted by molar-refractivity contribution is -0.126. The third-order valence-corrected chi connectivity index (χ3v) is 13.0. The van der Waals surface area contributed by atoms with E-state index in [2.05, 4.69) is 100 Å². The summed E-state index contributed by atoms with van der Waals surface area (Å²) in [5, 5.41) is 0. The molecule has 0 bridgehead atoms. The molecule has 0 aliphatic carbocycles. The number of rotatable bonds is 14. The molecule has 0 unspecified atom stereocenters. The molecule has 2 heterocycles. The van der Waals surface area contributed by atoms with Crippen LogP contribution in [0.2, 0.25) is 0 Å². The van der Waals surface area contributed by atoms with E-state index in [0.717, 1.165) is 38.9 Å². The summed E-state index contributed by atoms with van der Waals surface area (Å²) < 4.78 is 23.5. The highest BCUT2D eigenvalue weighted by molar-refractivity contribution is 14.1. The number of halogens is 1. The van der Waals surface area contributed by atoms with Gasteiger partial charge in [-0.25, -0.2) is 4.79 Å². The van der Waals surface area contributed by atoms with Gasteiger partial charge < -0.3 is 14.2 Å². The molecule has 8 heteroatoms. The number of H-pyrrole nitrogens is 1. The second-order valence-corrected chi connectivity index (χ2v) is 16.9. The van der Waals surface area contributed by atoms with Gasteiger partial charge >= 0.3 is 5.69 Å². The Balaban J connectivity index is 1.21. The van der Waals surface area contributed by atoms with Gasteiger partial charge in [0, 0.05) is 18.2 Å². The third kappa shape index (κ3) is 8.02. The summed E-state index contributed by atoms with van der Waals surface area (Å²) in [5.41, 5.74) is 3.89. The molecule has 0 amide bonds. The van der Waals surface area contributed by atoms with Crippen molar-refractivity contribution in [3.63, 3.8) is 0 Å². The summed E-state index contributed by atoms with van der Waals surface area (Å²) in [6.45, 7) is 0.0722. The molecule has 308 valence electrons. The molecule has 1 aliphatic heterocycles. The van der Waals surface area contributed by atoms with Gasteiger partial charge in [0.15, 0.2) is 6.23 Å². The number of ether oxygens (including phenoxy) is 3. The molecule has 1 aromatic heterocycles. The van der Waals surface area contributed by atoms with Crippen molar-refractivity contribution in [3.8, 4) is 0 Å². The quantitative estimate of drug-likeness (QED) is 0.0668. The predicted octanol–water partition coefficient (Wildman–Crippen LogP) is 10.2. The molecule has 62 heavy (non-hydrogen) atoms. The van der Waals surface area contributed by atoms with Gasteiger partial charge in [-0.05, 0) is 38.9 Å². The predicted molar refractivity (Wildman–Crippen MR) is 252 cm³/mol. The Morgan fingerprint density at radius 2 is 0.903 bits per heavy atom. The molecule has 9 rings (SSSR count). The average molecular weight is 929 g/mol. The Kier molecular flexibility index (Phi) is 12.3. The minimum atomic E-state index is -1.11. The fourth-order valence-corrected chi connectivity index (χ4v) is 9.88. The van der Waals surface area contributed by atoms with Crippen LogP contribution in [-0.4, -0.2) is 32.3 Å². The Bertz CT molecular complexity index is 2600. The van der Waals surface area contributed by atoms with Crippen LogP contribution in [0.1, 0.15) is 50.7 Å². The van der Waals surface area contributed by atoms with Gasteiger partial charge in [0.25, 0.3) is 5.56 Å². The summed E-state index contributed by atoms with van der Waals surface area (Å²) in [6.07, 6.45) is -0.241. The van der Waals surface area contributed by atoms with Crippen LogP contribution in [0.4, 0.5) is 0 Å². The molecule has 8 aromatic rings. The first-order valence-electron chi connectivity index (χ1n) is 20.8. The second-order valence-electron chi connectivity index (χ2n) is 15.4. The zero-order valence-electron chi connectivity index (χ0n) is 33.9. The van der Waals surface area contributed by atoms with E-state index in [1.165, 1.54) is 4.57 Å². The molecule has 1 aliphatic rings. The van der Waals surface area contributed by atoms with Crippen molar-refractivity contribution >= 4 is 22.6 Å². The third-order valence-electron chi connectivity index (χ3n) is 11.7. The number of nitrogens with zero attached hydrogens (tertiary/aromatic N) is 1. The molecule has 0 spiro atoms. The van der Waals surface area contributed by atoms with Crippen molar-refractivity contribution in [2.75, 3.05) is 6.61 Å². The summed E-state index contributed by atoms with van der Waals surface area (Å²) >= 11 is 2.37. The average Bonchev–Trinajstić information content (AvgIpc) is 3.64. The Morgan fingerprint density at radius 1 is 0.532 bits per heavy atom. The SMILES string of the molecule is O=c1[nH]c(=O)n([C@@H]2O[C@H](COC(c3ccccc3)(c3ccccc3)c3ccccc3)[C@@H](OC(c3ccccc3)(c3ccccc3)c3ccccc3)[C@H]2I)cc1Cc1ccccc1. The number of hydrogen-bond acceptors (Lipinski definition) is 5.